The van der Waals surface area contributed by atoms with Crippen LogP contribution in [0.1, 0.15) is 23.6 Å². The Balaban J connectivity index is 1.75. The van der Waals surface area contributed by atoms with Gasteiger partial charge in [-0.25, -0.2) is 4.39 Å². The molecule has 1 N–H and O–H groups in total. The number of ether oxygens (including phenoxy) is 1. The summed E-state index contributed by atoms with van der Waals surface area (Å²) < 4.78 is 19.8. The number of hydrogen-bond donors (Lipinski definition) is 1. The summed E-state index contributed by atoms with van der Waals surface area (Å²) in [6.07, 6.45) is 0. The summed E-state index contributed by atoms with van der Waals surface area (Å²) in [6.45, 7) is 4.07. The lowest BCUT2D eigenvalue weighted by Crippen LogP contribution is -2.32. The molecule has 1 aliphatic heterocycles. The second-order valence-corrected chi connectivity index (χ2v) is 8.02. The van der Waals surface area contributed by atoms with E-state index in [0.717, 1.165) is 10.5 Å². The van der Waals surface area contributed by atoms with Crippen molar-refractivity contribution in [3.63, 3.8) is 0 Å². The number of amides is 2. The zero-order valence-corrected chi connectivity index (χ0v) is 18.9. The third kappa shape index (κ3) is 4.61. The minimum absolute atomic E-state index is 0.130. The van der Waals surface area contributed by atoms with Crippen molar-refractivity contribution in [3.8, 4) is 5.75 Å². The summed E-state index contributed by atoms with van der Waals surface area (Å²) in [5, 5.41) is 3.68. The molecule has 33 heavy (non-hydrogen) atoms. The van der Waals surface area contributed by atoms with E-state index in [4.69, 9.17) is 16.3 Å². The number of anilines is 1. The predicted molar refractivity (Wildman–Crippen MR) is 126 cm³/mol. The van der Waals surface area contributed by atoms with E-state index in [1.54, 1.807) is 60.7 Å². The van der Waals surface area contributed by atoms with Crippen LogP contribution in [0.4, 0.5) is 10.1 Å². The standard InChI is InChI=1S/C26H22ClFN2O3/c1-3-33-20-11-8-17(9-12-20)23-24(29-22-13-10-19(27)14-16(22)2)26(32)30(25(23)31)15-18-6-4-5-7-21(18)28/h4-14,29H,3,15H2,1-2H3. The number of nitrogens with one attached hydrogen (secondary N) is 1. The molecule has 0 atom stereocenters. The summed E-state index contributed by atoms with van der Waals surface area (Å²) in [6, 6.07) is 18.3. The van der Waals surface area contributed by atoms with Crippen molar-refractivity contribution in [1.82, 2.24) is 4.90 Å². The van der Waals surface area contributed by atoms with Gasteiger partial charge in [0.2, 0.25) is 0 Å². The molecular formula is C26H22ClFN2O3. The van der Waals surface area contributed by atoms with Crippen molar-refractivity contribution in [2.45, 2.75) is 20.4 Å². The lowest BCUT2D eigenvalue weighted by molar-refractivity contribution is -0.137. The highest BCUT2D eigenvalue weighted by Crippen LogP contribution is 2.33. The van der Waals surface area contributed by atoms with E-state index in [0.29, 0.717) is 28.6 Å². The number of hydrogen-bond acceptors (Lipinski definition) is 4. The first kappa shape index (κ1) is 22.6. The van der Waals surface area contributed by atoms with Crippen molar-refractivity contribution < 1.29 is 18.7 Å². The number of imide groups is 1. The maximum atomic E-state index is 14.3. The fraction of sp³-hybridized carbons (Fsp3) is 0.154. The van der Waals surface area contributed by atoms with E-state index in [2.05, 4.69) is 5.32 Å². The molecule has 4 rings (SSSR count). The third-order valence-corrected chi connectivity index (χ3v) is 5.59. The summed E-state index contributed by atoms with van der Waals surface area (Å²) >= 11 is 6.06. The van der Waals surface area contributed by atoms with Gasteiger partial charge >= 0.3 is 0 Å². The molecule has 0 fully saturated rings. The minimum atomic E-state index is -0.526. The average molecular weight is 465 g/mol. The molecule has 0 radical (unpaired) electrons. The van der Waals surface area contributed by atoms with E-state index in [1.807, 2.05) is 13.8 Å². The SMILES string of the molecule is CCOc1ccc(C2=C(Nc3ccc(Cl)cc3C)C(=O)N(Cc3ccccc3F)C2=O)cc1. The van der Waals surface area contributed by atoms with Gasteiger partial charge in [0.15, 0.2) is 0 Å². The van der Waals surface area contributed by atoms with Crippen LogP contribution in [0, 0.1) is 12.7 Å². The summed E-state index contributed by atoms with van der Waals surface area (Å²) in [5.74, 6) is -0.844. The molecule has 0 aliphatic carbocycles. The molecule has 7 heteroatoms. The molecule has 0 unspecified atom stereocenters. The first-order chi connectivity index (χ1) is 15.9. The van der Waals surface area contributed by atoms with Crippen LogP contribution in [-0.4, -0.2) is 23.3 Å². The highest BCUT2D eigenvalue weighted by Gasteiger charge is 2.39. The quantitative estimate of drug-likeness (QED) is 0.464. The monoisotopic (exact) mass is 464 g/mol. The summed E-state index contributed by atoms with van der Waals surface area (Å²) in [4.78, 5) is 27.8. The summed E-state index contributed by atoms with van der Waals surface area (Å²) in [5.41, 5.74) is 2.62. The Kier molecular flexibility index (Phi) is 6.47. The minimum Gasteiger partial charge on any atom is -0.494 e. The molecule has 1 heterocycles. The van der Waals surface area contributed by atoms with Crippen LogP contribution in [0.15, 0.2) is 72.4 Å². The highest BCUT2D eigenvalue weighted by molar-refractivity contribution is 6.36. The molecule has 0 saturated carbocycles. The van der Waals surface area contributed by atoms with E-state index in [9.17, 15) is 14.0 Å². The Labute approximate surface area is 196 Å². The Morgan fingerprint density at radius 1 is 1.00 bits per heavy atom. The topological polar surface area (TPSA) is 58.6 Å². The third-order valence-electron chi connectivity index (χ3n) is 5.36. The van der Waals surface area contributed by atoms with Crippen molar-refractivity contribution in [2.75, 3.05) is 11.9 Å². The fourth-order valence-electron chi connectivity index (χ4n) is 3.69. The van der Waals surface area contributed by atoms with Crippen LogP contribution < -0.4 is 10.1 Å². The lowest BCUT2D eigenvalue weighted by Gasteiger charge is -2.16. The van der Waals surface area contributed by atoms with Crippen molar-refractivity contribution in [3.05, 3.63) is 100.0 Å². The second-order valence-electron chi connectivity index (χ2n) is 7.58. The Bertz CT molecular complexity index is 1250. The molecule has 0 aromatic heterocycles. The van der Waals surface area contributed by atoms with Gasteiger partial charge in [-0.05, 0) is 61.4 Å². The maximum Gasteiger partial charge on any atom is 0.278 e. The molecule has 1 aliphatic rings. The zero-order valence-electron chi connectivity index (χ0n) is 18.2. The Morgan fingerprint density at radius 2 is 1.73 bits per heavy atom. The van der Waals surface area contributed by atoms with E-state index in [1.165, 1.54) is 6.07 Å². The van der Waals surface area contributed by atoms with Gasteiger partial charge in [-0.15, -0.1) is 0 Å². The molecule has 0 saturated heterocycles. The van der Waals surface area contributed by atoms with Crippen molar-refractivity contribution in [2.24, 2.45) is 0 Å². The van der Waals surface area contributed by atoms with Crippen LogP contribution in [0.25, 0.3) is 5.57 Å². The average Bonchev–Trinajstić information content (AvgIpc) is 3.02. The zero-order chi connectivity index (χ0) is 23.5. The first-order valence-electron chi connectivity index (χ1n) is 10.5. The Hall–Kier alpha value is -3.64. The largest absolute Gasteiger partial charge is 0.494 e. The molecule has 168 valence electrons. The lowest BCUT2D eigenvalue weighted by atomic mass is 10.0. The van der Waals surface area contributed by atoms with Gasteiger partial charge < -0.3 is 10.1 Å². The number of carbonyl (C=O) groups excluding carboxylic acids is 2. The van der Waals surface area contributed by atoms with Gasteiger partial charge in [0.1, 0.15) is 17.3 Å². The second kappa shape index (κ2) is 9.46. The fourth-order valence-corrected chi connectivity index (χ4v) is 3.91. The van der Waals surface area contributed by atoms with Crippen LogP contribution >= 0.6 is 11.6 Å². The molecule has 2 amide bonds. The normalized spacial score (nSPS) is 13.6. The molecule has 0 spiro atoms. The van der Waals surface area contributed by atoms with E-state index in [-0.39, 0.29) is 23.4 Å². The van der Waals surface area contributed by atoms with Crippen LogP contribution in [0.3, 0.4) is 0 Å². The maximum absolute atomic E-state index is 14.3. The van der Waals surface area contributed by atoms with Crippen molar-refractivity contribution >= 4 is 34.7 Å². The highest BCUT2D eigenvalue weighted by atomic mass is 35.5. The number of halogens is 2. The first-order valence-corrected chi connectivity index (χ1v) is 10.9. The van der Waals surface area contributed by atoms with Gasteiger partial charge in [-0.2, -0.15) is 0 Å². The molecule has 0 bridgehead atoms. The number of rotatable bonds is 7. The van der Waals surface area contributed by atoms with Gasteiger partial charge in [0, 0.05) is 16.3 Å². The smallest absolute Gasteiger partial charge is 0.278 e. The predicted octanol–water partition coefficient (Wildman–Crippen LogP) is 5.58. The molecule has 3 aromatic rings. The van der Waals surface area contributed by atoms with Gasteiger partial charge in [0.25, 0.3) is 11.8 Å². The van der Waals surface area contributed by atoms with Gasteiger partial charge in [-0.1, -0.05) is 41.9 Å². The number of nitrogens with zero attached hydrogens (tertiary/aromatic N) is 1. The Morgan fingerprint density at radius 3 is 2.39 bits per heavy atom. The van der Waals surface area contributed by atoms with E-state index >= 15 is 0 Å². The van der Waals surface area contributed by atoms with Gasteiger partial charge in [0.05, 0.1) is 18.7 Å². The van der Waals surface area contributed by atoms with Gasteiger partial charge in [-0.3, -0.25) is 14.5 Å². The summed E-state index contributed by atoms with van der Waals surface area (Å²) in [7, 11) is 0. The molecular weight excluding hydrogens is 443 g/mol. The van der Waals surface area contributed by atoms with Crippen LogP contribution in [-0.2, 0) is 16.1 Å². The van der Waals surface area contributed by atoms with E-state index < -0.39 is 17.6 Å². The van der Waals surface area contributed by atoms with Crippen LogP contribution in [0.5, 0.6) is 5.75 Å². The number of aryl methyl sites for hydroxylation is 1. The number of benzene rings is 3. The van der Waals surface area contributed by atoms with Crippen molar-refractivity contribution in [1.29, 1.82) is 0 Å². The number of carbonyl (C=O) groups is 2. The molecule has 5 nitrogen and oxygen atoms in total. The molecule has 3 aromatic carbocycles. The van der Waals surface area contributed by atoms with Crippen LogP contribution in [0.2, 0.25) is 5.02 Å².